The van der Waals surface area contributed by atoms with Crippen molar-refractivity contribution in [3.8, 4) is 0 Å². The topological polar surface area (TPSA) is 163 Å². The first-order valence-electron chi connectivity index (χ1n) is 18.1. The van der Waals surface area contributed by atoms with Crippen LogP contribution >= 0.6 is 0 Å². The summed E-state index contributed by atoms with van der Waals surface area (Å²) in [4.78, 5) is 57.9. The number of hydrogen-bond acceptors (Lipinski definition) is 9. The molecule has 0 saturated carbocycles. The predicted octanol–water partition coefficient (Wildman–Crippen LogP) is 2.94. The second-order valence-electron chi connectivity index (χ2n) is 14.5. The smallest absolute Gasteiger partial charge is 0.245 e. The lowest BCUT2D eigenvalue weighted by Crippen LogP contribution is -2.59. The molecule has 1 saturated heterocycles. The van der Waals surface area contributed by atoms with Crippen molar-refractivity contribution >= 4 is 33.7 Å². The first-order valence-corrected chi connectivity index (χ1v) is 19.8. The predicted molar refractivity (Wildman–Crippen MR) is 198 cm³/mol. The van der Waals surface area contributed by atoms with Gasteiger partial charge in [-0.2, -0.15) is 0 Å². The fourth-order valence-corrected chi connectivity index (χ4v) is 8.32. The van der Waals surface area contributed by atoms with Crippen molar-refractivity contribution in [3.05, 3.63) is 35.9 Å². The number of sulfonamides is 1. The van der Waals surface area contributed by atoms with Crippen molar-refractivity contribution in [3.63, 3.8) is 0 Å². The fourth-order valence-electron chi connectivity index (χ4n) is 7.13. The molecular weight excluding hydrogens is 675 g/mol. The van der Waals surface area contributed by atoms with E-state index >= 15 is 0 Å². The van der Waals surface area contributed by atoms with E-state index in [9.17, 15) is 27.6 Å². The van der Waals surface area contributed by atoms with Crippen molar-refractivity contribution in [2.75, 3.05) is 34.9 Å². The van der Waals surface area contributed by atoms with Gasteiger partial charge in [-0.15, -0.1) is 0 Å². The molecule has 0 bridgehead atoms. The molecule has 1 aliphatic rings. The normalized spacial score (nSPS) is 19.2. The molecule has 1 aliphatic heterocycles. The first-order chi connectivity index (χ1) is 23.9. The Kier molecular flexibility index (Phi) is 17.5. The number of likely N-dealkylation sites (tertiary alicyclic amines) is 1. The van der Waals surface area contributed by atoms with Crippen molar-refractivity contribution in [2.24, 2.45) is 23.7 Å². The van der Waals surface area contributed by atoms with E-state index < -0.39 is 58.2 Å². The summed E-state index contributed by atoms with van der Waals surface area (Å²) in [5.41, 5.74) is 0.551. The van der Waals surface area contributed by atoms with Crippen molar-refractivity contribution in [2.45, 2.75) is 116 Å². The van der Waals surface area contributed by atoms with Gasteiger partial charge in [0.25, 0.3) is 0 Å². The van der Waals surface area contributed by atoms with Crippen molar-refractivity contribution in [1.82, 2.24) is 25.2 Å². The number of carbonyl (C=O) groups excluding carboxylic acids is 4. The molecule has 1 aromatic carbocycles. The largest absolute Gasteiger partial charge is 0.379 e. The number of ether oxygens (including phenoxy) is 2. The maximum atomic E-state index is 14.1. The number of benzene rings is 1. The molecule has 51 heavy (non-hydrogen) atoms. The third-order valence-electron chi connectivity index (χ3n) is 10.2. The molecule has 13 nitrogen and oxygen atoms in total. The highest BCUT2D eigenvalue weighted by atomic mass is 32.2. The minimum Gasteiger partial charge on any atom is -0.379 e. The zero-order chi connectivity index (χ0) is 38.6. The van der Waals surface area contributed by atoms with E-state index in [1.807, 2.05) is 41.5 Å². The summed E-state index contributed by atoms with van der Waals surface area (Å²) in [5.74, 6) is -2.89. The maximum absolute atomic E-state index is 14.1. The molecule has 7 unspecified atom stereocenters. The molecule has 8 atom stereocenters. The van der Waals surface area contributed by atoms with E-state index in [2.05, 4.69) is 15.4 Å². The van der Waals surface area contributed by atoms with Crippen LogP contribution in [0.25, 0.3) is 0 Å². The van der Waals surface area contributed by atoms with Crippen LogP contribution in [0.3, 0.4) is 0 Å². The Bertz CT molecular complexity index is 1390. The number of nitrogens with one attached hydrogen (secondary N) is 3. The number of hydrogen-bond donors (Lipinski definition) is 3. The minimum atomic E-state index is -3.97. The molecule has 0 spiro atoms. The fraction of sp³-hybridized carbons (Fsp3) is 0.730. The average molecular weight is 738 g/mol. The van der Waals surface area contributed by atoms with Crippen LogP contribution in [0.2, 0.25) is 0 Å². The molecule has 14 heteroatoms. The highest BCUT2D eigenvalue weighted by Gasteiger charge is 2.43. The van der Waals surface area contributed by atoms with Gasteiger partial charge in [-0.05, 0) is 43.2 Å². The molecule has 1 heterocycles. The van der Waals surface area contributed by atoms with Gasteiger partial charge < -0.3 is 29.9 Å². The van der Waals surface area contributed by atoms with Crippen LogP contribution in [0.15, 0.2) is 30.3 Å². The number of methoxy groups -OCH3 is 2. The third kappa shape index (κ3) is 12.0. The molecular formula is C37H63N5O8S. The molecule has 1 fully saturated rings. The van der Waals surface area contributed by atoms with Gasteiger partial charge in [0, 0.05) is 27.8 Å². The van der Waals surface area contributed by atoms with Gasteiger partial charge in [-0.3, -0.25) is 23.9 Å². The van der Waals surface area contributed by atoms with Crippen molar-refractivity contribution in [1.29, 1.82) is 0 Å². The van der Waals surface area contributed by atoms with Crippen molar-refractivity contribution < 1.29 is 37.1 Å². The Balaban J connectivity index is 2.26. The summed E-state index contributed by atoms with van der Waals surface area (Å²) in [6, 6.07) is 6.38. The van der Waals surface area contributed by atoms with Crippen LogP contribution < -0.4 is 15.4 Å². The third-order valence-corrected chi connectivity index (χ3v) is 11.4. The van der Waals surface area contributed by atoms with Crippen LogP contribution in [-0.2, 0) is 44.4 Å². The van der Waals surface area contributed by atoms with E-state index in [0.29, 0.717) is 31.4 Å². The molecule has 4 amide bonds. The van der Waals surface area contributed by atoms with Gasteiger partial charge in [0.2, 0.25) is 33.7 Å². The SMILES string of the molecule is CCC(C)C(C(CC(=O)N1CCC[C@H]1C(OC)C(C)C(=O)NS(=O)(=O)Cc1ccccc1)OC)N(C)C(=O)C(NC(=O)C(NC)C(C)C)C(C)C. The molecule has 0 aromatic heterocycles. The average Bonchev–Trinajstić information content (AvgIpc) is 3.56. The van der Waals surface area contributed by atoms with Crippen LogP contribution in [0.4, 0.5) is 0 Å². The van der Waals surface area contributed by atoms with E-state index in [1.54, 1.807) is 61.2 Å². The van der Waals surface area contributed by atoms with Gasteiger partial charge in [0.1, 0.15) is 6.04 Å². The molecule has 290 valence electrons. The summed E-state index contributed by atoms with van der Waals surface area (Å²) in [5, 5.41) is 5.99. The summed E-state index contributed by atoms with van der Waals surface area (Å²) in [6.07, 6.45) is 0.501. The molecule has 3 N–H and O–H groups in total. The highest BCUT2D eigenvalue weighted by Crippen LogP contribution is 2.30. The number of nitrogens with zero attached hydrogens (tertiary/aromatic N) is 2. The summed E-state index contributed by atoms with van der Waals surface area (Å²) in [6.45, 7) is 13.7. The van der Waals surface area contributed by atoms with E-state index in [0.717, 1.165) is 0 Å². The lowest BCUT2D eigenvalue weighted by atomic mass is 9.89. The van der Waals surface area contributed by atoms with Gasteiger partial charge in [-0.25, -0.2) is 8.42 Å². The number of rotatable bonds is 20. The highest BCUT2D eigenvalue weighted by molar-refractivity contribution is 7.89. The second kappa shape index (κ2) is 20.2. The standard InChI is InChI=1S/C37H63N5O8S/c1-12-25(6)33(41(9)37(46)32(24(4)5)39-36(45)31(38-8)23(2)3)29(49-10)21-30(43)42-20-16-19-28(42)34(50-11)26(7)35(44)40-51(47,48)22-27-17-14-13-15-18-27/h13-15,17-18,23-26,28-29,31-34,38H,12,16,19-22H2,1-11H3,(H,39,45)(H,40,44)/t25?,26?,28-,29?,31?,32?,33?,34?/m0/s1. The van der Waals surface area contributed by atoms with Gasteiger partial charge in [0.15, 0.2) is 0 Å². The Labute approximate surface area is 306 Å². The molecule has 2 rings (SSSR count). The Morgan fingerprint density at radius 1 is 0.941 bits per heavy atom. The monoisotopic (exact) mass is 737 g/mol. The number of carbonyl (C=O) groups is 4. The van der Waals surface area contributed by atoms with Crippen LogP contribution in [0, 0.1) is 23.7 Å². The zero-order valence-corrected chi connectivity index (χ0v) is 33.3. The van der Waals surface area contributed by atoms with Crippen LogP contribution in [0.1, 0.15) is 79.7 Å². The number of amides is 4. The summed E-state index contributed by atoms with van der Waals surface area (Å²) in [7, 11) is 2.42. The van der Waals surface area contributed by atoms with Gasteiger partial charge in [0.05, 0.1) is 48.4 Å². The molecule has 0 aliphatic carbocycles. The quantitative estimate of drug-likeness (QED) is 0.183. The van der Waals surface area contributed by atoms with E-state index in [1.165, 1.54) is 14.2 Å². The lowest BCUT2D eigenvalue weighted by molar-refractivity contribution is -0.147. The summed E-state index contributed by atoms with van der Waals surface area (Å²) >= 11 is 0. The zero-order valence-electron chi connectivity index (χ0n) is 32.5. The van der Waals surface area contributed by atoms with E-state index in [4.69, 9.17) is 9.47 Å². The second-order valence-corrected chi connectivity index (χ2v) is 16.3. The summed E-state index contributed by atoms with van der Waals surface area (Å²) < 4.78 is 39.6. The Hall–Kier alpha value is -3.07. The maximum Gasteiger partial charge on any atom is 0.245 e. The first kappa shape index (κ1) is 44.1. The lowest BCUT2D eigenvalue weighted by Gasteiger charge is -2.41. The van der Waals surface area contributed by atoms with Gasteiger partial charge >= 0.3 is 0 Å². The molecule has 1 aromatic rings. The Morgan fingerprint density at radius 3 is 2.06 bits per heavy atom. The van der Waals surface area contributed by atoms with E-state index in [-0.39, 0.29) is 47.6 Å². The van der Waals surface area contributed by atoms with Crippen LogP contribution in [-0.4, -0.2) is 113 Å². The molecule has 0 radical (unpaired) electrons. The Morgan fingerprint density at radius 2 is 1.55 bits per heavy atom. The number of likely N-dealkylation sites (N-methyl/N-ethyl adjacent to an activating group) is 2. The minimum absolute atomic E-state index is 0.0181. The van der Waals surface area contributed by atoms with Gasteiger partial charge in [-0.1, -0.05) is 85.2 Å². The van der Waals surface area contributed by atoms with Crippen LogP contribution in [0.5, 0.6) is 0 Å².